The van der Waals surface area contributed by atoms with Crippen LogP contribution in [0.2, 0.25) is 5.02 Å². The Morgan fingerprint density at radius 2 is 2.14 bits per heavy atom. The summed E-state index contributed by atoms with van der Waals surface area (Å²) in [6, 6.07) is 9.07. The van der Waals surface area contributed by atoms with Crippen LogP contribution in [0.15, 0.2) is 36.5 Å². The number of hydrogen-bond donors (Lipinski definition) is 1. The summed E-state index contributed by atoms with van der Waals surface area (Å²) in [5.74, 6) is 0.765. The SMILES string of the molecule is COc1ccccc1CN(C)C(=O)c1cnc(N)c(Cl)c1. The first-order chi connectivity index (χ1) is 10.0. The van der Waals surface area contributed by atoms with Crippen molar-refractivity contribution in [1.29, 1.82) is 0 Å². The van der Waals surface area contributed by atoms with E-state index in [-0.39, 0.29) is 16.7 Å². The molecule has 1 heterocycles. The van der Waals surface area contributed by atoms with Gasteiger partial charge in [-0.25, -0.2) is 4.98 Å². The molecule has 0 atom stereocenters. The third kappa shape index (κ3) is 3.44. The first kappa shape index (κ1) is 15.1. The molecule has 0 fully saturated rings. The van der Waals surface area contributed by atoms with Crippen LogP contribution < -0.4 is 10.5 Å². The van der Waals surface area contributed by atoms with E-state index in [9.17, 15) is 4.79 Å². The van der Waals surface area contributed by atoms with Gasteiger partial charge in [-0.3, -0.25) is 4.79 Å². The number of ether oxygens (including phenoxy) is 1. The highest BCUT2D eigenvalue weighted by atomic mass is 35.5. The number of amides is 1. The summed E-state index contributed by atoms with van der Waals surface area (Å²) in [6.07, 6.45) is 1.42. The second-order valence-electron chi connectivity index (χ2n) is 4.56. The van der Waals surface area contributed by atoms with E-state index in [1.165, 1.54) is 12.3 Å². The fourth-order valence-electron chi connectivity index (χ4n) is 1.95. The molecule has 2 N–H and O–H groups in total. The second-order valence-corrected chi connectivity index (χ2v) is 4.97. The van der Waals surface area contributed by atoms with Crippen molar-refractivity contribution in [2.75, 3.05) is 19.9 Å². The van der Waals surface area contributed by atoms with Gasteiger partial charge >= 0.3 is 0 Å². The van der Waals surface area contributed by atoms with Gasteiger partial charge in [-0.1, -0.05) is 29.8 Å². The predicted octanol–water partition coefficient (Wildman–Crippen LogP) is 2.60. The zero-order chi connectivity index (χ0) is 15.4. The first-order valence-corrected chi connectivity index (χ1v) is 6.69. The van der Waals surface area contributed by atoms with Crippen LogP contribution in [0.5, 0.6) is 5.75 Å². The Balaban J connectivity index is 2.17. The van der Waals surface area contributed by atoms with E-state index in [4.69, 9.17) is 22.1 Å². The van der Waals surface area contributed by atoms with Crippen LogP contribution in [0.1, 0.15) is 15.9 Å². The minimum absolute atomic E-state index is 0.185. The van der Waals surface area contributed by atoms with Crippen LogP contribution in [0.3, 0.4) is 0 Å². The summed E-state index contributed by atoms with van der Waals surface area (Å²) >= 11 is 5.89. The molecule has 1 aromatic heterocycles. The summed E-state index contributed by atoms with van der Waals surface area (Å²) in [7, 11) is 3.31. The van der Waals surface area contributed by atoms with E-state index in [1.54, 1.807) is 19.1 Å². The molecule has 1 aromatic carbocycles. The molecule has 21 heavy (non-hydrogen) atoms. The number of carbonyl (C=O) groups is 1. The number of aromatic nitrogens is 1. The largest absolute Gasteiger partial charge is 0.496 e. The minimum atomic E-state index is -0.185. The van der Waals surface area contributed by atoms with Gasteiger partial charge in [-0.05, 0) is 12.1 Å². The third-order valence-corrected chi connectivity index (χ3v) is 3.37. The van der Waals surface area contributed by atoms with Crippen molar-refractivity contribution in [3.05, 3.63) is 52.7 Å². The van der Waals surface area contributed by atoms with Gasteiger partial charge in [0.05, 0.1) is 17.7 Å². The Labute approximate surface area is 128 Å². The van der Waals surface area contributed by atoms with Crippen LogP contribution in [0, 0.1) is 0 Å². The third-order valence-electron chi connectivity index (χ3n) is 3.06. The van der Waals surface area contributed by atoms with E-state index in [1.807, 2.05) is 24.3 Å². The molecule has 0 saturated heterocycles. The second kappa shape index (κ2) is 6.45. The lowest BCUT2D eigenvalue weighted by molar-refractivity contribution is 0.0784. The summed E-state index contributed by atoms with van der Waals surface area (Å²) in [5.41, 5.74) is 6.86. The van der Waals surface area contributed by atoms with Gasteiger partial charge in [0.25, 0.3) is 5.91 Å². The van der Waals surface area contributed by atoms with Crippen molar-refractivity contribution in [3.63, 3.8) is 0 Å². The van der Waals surface area contributed by atoms with Crippen LogP contribution >= 0.6 is 11.6 Å². The quantitative estimate of drug-likeness (QED) is 0.942. The van der Waals surface area contributed by atoms with E-state index < -0.39 is 0 Å². The molecule has 6 heteroatoms. The van der Waals surface area contributed by atoms with E-state index in [0.29, 0.717) is 12.1 Å². The molecule has 2 rings (SSSR count). The molecule has 0 saturated carbocycles. The molecule has 1 amide bonds. The number of para-hydroxylation sites is 1. The van der Waals surface area contributed by atoms with Crippen molar-refractivity contribution < 1.29 is 9.53 Å². The Kier molecular flexibility index (Phi) is 4.65. The molecule has 0 radical (unpaired) electrons. The maximum absolute atomic E-state index is 12.4. The molecule has 0 unspecified atom stereocenters. The maximum Gasteiger partial charge on any atom is 0.255 e. The fraction of sp³-hybridized carbons (Fsp3) is 0.200. The van der Waals surface area contributed by atoms with Gasteiger partial charge in [0.15, 0.2) is 0 Å². The molecule has 0 spiro atoms. The fourth-order valence-corrected chi connectivity index (χ4v) is 2.11. The lowest BCUT2D eigenvalue weighted by Crippen LogP contribution is -2.26. The average Bonchev–Trinajstić information content (AvgIpc) is 2.49. The summed E-state index contributed by atoms with van der Waals surface area (Å²) in [5, 5.41) is 0.270. The number of halogens is 1. The smallest absolute Gasteiger partial charge is 0.255 e. The number of nitrogen functional groups attached to an aromatic ring is 1. The van der Waals surface area contributed by atoms with Crippen LogP contribution in [-0.4, -0.2) is 29.9 Å². The summed E-state index contributed by atoms with van der Waals surface area (Å²) in [6.45, 7) is 0.421. The van der Waals surface area contributed by atoms with Gasteiger partial charge < -0.3 is 15.4 Å². The van der Waals surface area contributed by atoms with E-state index in [0.717, 1.165) is 11.3 Å². The average molecular weight is 306 g/mol. The Morgan fingerprint density at radius 1 is 1.43 bits per heavy atom. The number of pyridine rings is 1. The van der Waals surface area contributed by atoms with Gasteiger partial charge in [-0.15, -0.1) is 0 Å². The number of nitrogens with zero attached hydrogens (tertiary/aromatic N) is 2. The number of rotatable bonds is 4. The Bertz CT molecular complexity index is 661. The molecule has 0 bridgehead atoms. The topological polar surface area (TPSA) is 68.5 Å². The monoisotopic (exact) mass is 305 g/mol. The van der Waals surface area contributed by atoms with Gasteiger partial charge in [0.1, 0.15) is 11.6 Å². The summed E-state index contributed by atoms with van der Waals surface area (Å²) < 4.78 is 5.28. The maximum atomic E-state index is 12.4. The zero-order valence-electron chi connectivity index (χ0n) is 11.8. The van der Waals surface area contributed by atoms with Crippen molar-refractivity contribution in [2.24, 2.45) is 0 Å². The van der Waals surface area contributed by atoms with E-state index >= 15 is 0 Å². The van der Waals surface area contributed by atoms with Crippen molar-refractivity contribution >= 4 is 23.3 Å². The van der Waals surface area contributed by atoms with Gasteiger partial charge in [0, 0.05) is 25.4 Å². The highest BCUT2D eigenvalue weighted by Gasteiger charge is 2.15. The van der Waals surface area contributed by atoms with Crippen LogP contribution in [0.4, 0.5) is 5.82 Å². The minimum Gasteiger partial charge on any atom is -0.496 e. The molecule has 0 aliphatic heterocycles. The highest BCUT2D eigenvalue weighted by Crippen LogP contribution is 2.21. The van der Waals surface area contributed by atoms with E-state index in [2.05, 4.69) is 4.98 Å². The standard InChI is InChI=1S/C15H16ClN3O2/c1-19(9-10-5-3-4-6-13(10)21-2)15(20)11-7-12(16)14(17)18-8-11/h3-8H,9H2,1-2H3,(H2,17,18). The van der Waals surface area contributed by atoms with Crippen molar-refractivity contribution in [2.45, 2.75) is 6.54 Å². The van der Waals surface area contributed by atoms with Crippen molar-refractivity contribution in [3.8, 4) is 5.75 Å². The number of benzene rings is 1. The lowest BCUT2D eigenvalue weighted by atomic mass is 10.1. The Hall–Kier alpha value is -2.27. The molecular weight excluding hydrogens is 290 g/mol. The van der Waals surface area contributed by atoms with Gasteiger partial charge in [0.2, 0.25) is 0 Å². The predicted molar refractivity (Wildman–Crippen MR) is 82.5 cm³/mol. The number of nitrogens with two attached hydrogens (primary N) is 1. The molecule has 5 nitrogen and oxygen atoms in total. The molecule has 2 aromatic rings. The number of carbonyl (C=O) groups excluding carboxylic acids is 1. The molecule has 0 aliphatic carbocycles. The molecular formula is C15H16ClN3O2. The van der Waals surface area contributed by atoms with Gasteiger partial charge in [-0.2, -0.15) is 0 Å². The zero-order valence-corrected chi connectivity index (χ0v) is 12.6. The Morgan fingerprint density at radius 3 is 2.81 bits per heavy atom. The first-order valence-electron chi connectivity index (χ1n) is 6.31. The summed E-state index contributed by atoms with van der Waals surface area (Å²) in [4.78, 5) is 17.8. The molecule has 0 aliphatic rings. The lowest BCUT2D eigenvalue weighted by Gasteiger charge is -2.19. The highest BCUT2D eigenvalue weighted by molar-refractivity contribution is 6.33. The normalized spacial score (nSPS) is 10.2. The molecule has 110 valence electrons. The van der Waals surface area contributed by atoms with Crippen LogP contribution in [-0.2, 0) is 6.54 Å². The number of hydrogen-bond acceptors (Lipinski definition) is 4. The van der Waals surface area contributed by atoms with Crippen LogP contribution in [0.25, 0.3) is 0 Å². The van der Waals surface area contributed by atoms with Crippen molar-refractivity contribution in [1.82, 2.24) is 9.88 Å². The number of anilines is 1. The number of methoxy groups -OCH3 is 1.